The van der Waals surface area contributed by atoms with Crippen LogP contribution in [-0.4, -0.2) is 9.78 Å². The van der Waals surface area contributed by atoms with Gasteiger partial charge in [-0.1, -0.05) is 30.3 Å². The Hall–Kier alpha value is -1.58. The fourth-order valence-corrected chi connectivity index (χ4v) is 1.65. The lowest BCUT2D eigenvalue weighted by Crippen LogP contribution is -2.12. The number of hydrogen-bond acceptors (Lipinski definition) is 2. The van der Waals surface area contributed by atoms with Crippen molar-refractivity contribution in [1.29, 1.82) is 0 Å². The molecular formula is C13H14ClN3. The van der Waals surface area contributed by atoms with E-state index in [0.717, 1.165) is 23.7 Å². The molecule has 0 aliphatic rings. The van der Waals surface area contributed by atoms with E-state index in [1.807, 2.05) is 36.7 Å². The van der Waals surface area contributed by atoms with Crippen molar-refractivity contribution in [1.82, 2.24) is 15.1 Å². The van der Waals surface area contributed by atoms with Gasteiger partial charge in [0.2, 0.25) is 0 Å². The van der Waals surface area contributed by atoms with E-state index < -0.39 is 0 Å². The Bertz CT molecular complexity index is 488. The van der Waals surface area contributed by atoms with E-state index >= 15 is 0 Å². The quantitative estimate of drug-likeness (QED) is 0.881. The molecule has 0 saturated carbocycles. The molecule has 88 valence electrons. The lowest BCUT2D eigenvalue weighted by Gasteiger charge is -2.03. The van der Waals surface area contributed by atoms with E-state index in [1.54, 1.807) is 10.9 Å². The molecule has 0 spiro atoms. The first-order chi connectivity index (χ1) is 8.28. The second-order valence-corrected chi connectivity index (χ2v) is 4.18. The Morgan fingerprint density at radius 1 is 1.24 bits per heavy atom. The number of rotatable bonds is 5. The monoisotopic (exact) mass is 247 g/mol. The van der Waals surface area contributed by atoms with Crippen LogP contribution in [-0.2, 0) is 13.1 Å². The maximum Gasteiger partial charge on any atom is 0.0538 e. The van der Waals surface area contributed by atoms with Crippen molar-refractivity contribution in [2.75, 3.05) is 0 Å². The van der Waals surface area contributed by atoms with E-state index in [2.05, 4.69) is 17.0 Å². The van der Waals surface area contributed by atoms with Crippen molar-refractivity contribution in [3.63, 3.8) is 0 Å². The third-order valence-corrected chi connectivity index (χ3v) is 2.67. The van der Waals surface area contributed by atoms with Crippen molar-refractivity contribution in [2.24, 2.45) is 0 Å². The van der Waals surface area contributed by atoms with Crippen LogP contribution >= 0.6 is 11.6 Å². The van der Waals surface area contributed by atoms with Crippen molar-refractivity contribution < 1.29 is 0 Å². The van der Waals surface area contributed by atoms with Gasteiger partial charge in [0.25, 0.3) is 0 Å². The van der Waals surface area contributed by atoms with Crippen LogP contribution in [0.5, 0.6) is 0 Å². The lowest BCUT2D eigenvalue weighted by atomic mass is 10.2. The van der Waals surface area contributed by atoms with E-state index in [1.165, 1.54) is 5.56 Å². The topological polar surface area (TPSA) is 29.9 Å². The van der Waals surface area contributed by atoms with Crippen LogP contribution in [0.4, 0.5) is 0 Å². The van der Waals surface area contributed by atoms with Gasteiger partial charge in [0, 0.05) is 36.1 Å². The third kappa shape index (κ3) is 3.44. The highest BCUT2D eigenvalue weighted by atomic mass is 35.5. The van der Waals surface area contributed by atoms with E-state index in [-0.39, 0.29) is 0 Å². The zero-order valence-corrected chi connectivity index (χ0v) is 10.2. The lowest BCUT2D eigenvalue weighted by molar-refractivity contribution is 0.693. The minimum Gasteiger partial charge on any atom is -0.309 e. The highest BCUT2D eigenvalue weighted by molar-refractivity contribution is 6.30. The van der Waals surface area contributed by atoms with E-state index in [9.17, 15) is 0 Å². The molecule has 0 fully saturated rings. The van der Waals surface area contributed by atoms with Gasteiger partial charge in [0.1, 0.15) is 0 Å². The molecule has 4 heteroatoms. The fourth-order valence-electron chi connectivity index (χ4n) is 1.52. The molecule has 0 atom stereocenters. The van der Waals surface area contributed by atoms with Gasteiger partial charge < -0.3 is 5.32 Å². The number of nitrogens with one attached hydrogen (secondary N) is 1. The molecule has 0 aliphatic heterocycles. The Kier molecular flexibility index (Phi) is 3.96. The highest BCUT2D eigenvalue weighted by Crippen LogP contribution is 2.09. The molecule has 1 aromatic heterocycles. The summed E-state index contributed by atoms with van der Waals surface area (Å²) in [6, 6.07) is 7.83. The molecule has 2 aromatic rings. The zero-order valence-electron chi connectivity index (χ0n) is 9.44. The average molecular weight is 248 g/mol. The van der Waals surface area contributed by atoms with Crippen molar-refractivity contribution in [3.05, 3.63) is 59.4 Å². The van der Waals surface area contributed by atoms with Crippen LogP contribution in [0.3, 0.4) is 0 Å². The number of hydrogen-bond donors (Lipinski definition) is 1. The Balaban J connectivity index is 1.83. The molecule has 0 bridgehead atoms. The molecule has 1 aromatic carbocycles. The number of benzene rings is 1. The maximum absolute atomic E-state index is 5.82. The summed E-state index contributed by atoms with van der Waals surface area (Å²) in [5, 5.41) is 8.22. The van der Waals surface area contributed by atoms with Crippen LogP contribution < -0.4 is 5.32 Å². The van der Waals surface area contributed by atoms with Crippen LogP contribution in [0.2, 0.25) is 5.02 Å². The predicted octanol–water partition coefficient (Wildman–Crippen LogP) is 2.93. The molecule has 1 N–H and O–H groups in total. The molecule has 2 rings (SSSR count). The first-order valence-corrected chi connectivity index (χ1v) is 5.76. The molecule has 3 nitrogen and oxygen atoms in total. The van der Waals surface area contributed by atoms with Crippen molar-refractivity contribution in [2.45, 2.75) is 13.1 Å². The number of aromatic nitrogens is 2. The van der Waals surface area contributed by atoms with E-state index in [0.29, 0.717) is 0 Å². The molecule has 0 aliphatic carbocycles. The Labute approximate surface area is 106 Å². The second kappa shape index (κ2) is 5.66. The molecule has 17 heavy (non-hydrogen) atoms. The smallest absolute Gasteiger partial charge is 0.0538 e. The standard InChI is InChI=1S/C13H14ClN3/c1-2-17-10-12(9-16-17)8-15-7-11-3-5-13(14)6-4-11/h2-6,9-10,15H,1,7-8H2. The van der Waals surface area contributed by atoms with Gasteiger partial charge in [-0.25, -0.2) is 4.68 Å². The summed E-state index contributed by atoms with van der Waals surface area (Å²) in [5.74, 6) is 0. The number of nitrogens with zero attached hydrogens (tertiary/aromatic N) is 2. The van der Waals surface area contributed by atoms with Gasteiger partial charge in [-0.3, -0.25) is 0 Å². The summed E-state index contributed by atoms with van der Waals surface area (Å²) in [4.78, 5) is 0. The summed E-state index contributed by atoms with van der Waals surface area (Å²) in [7, 11) is 0. The molecule has 0 unspecified atom stereocenters. The van der Waals surface area contributed by atoms with Crippen LogP contribution in [0, 0.1) is 0 Å². The zero-order chi connectivity index (χ0) is 12.1. The van der Waals surface area contributed by atoms with Gasteiger partial charge >= 0.3 is 0 Å². The summed E-state index contributed by atoms with van der Waals surface area (Å²) >= 11 is 5.82. The molecular weight excluding hydrogens is 234 g/mol. The molecule has 1 heterocycles. The minimum absolute atomic E-state index is 0.765. The van der Waals surface area contributed by atoms with Gasteiger partial charge in [0.15, 0.2) is 0 Å². The Morgan fingerprint density at radius 3 is 2.59 bits per heavy atom. The fraction of sp³-hybridized carbons (Fsp3) is 0.154. The average Bonchev–Trinajstić information content (AvgIpc) is 2.80. The van der Waals surface area contributed by atoms with Crippen molar-refractivity contribution >= 4 is 17.8 Å². The Morgan fingerprint density at radius 2 is 1.94 bits per heavy atom. The normalized spacial score (nSPS) is 10.4. The summed E-state index contributed by atoms with van der Waals surface area (Å²) < 4.78 is 1.69. The van der Waals surface area contributed by atoms with Crippen molar-refractivity contribution in [3.8, 4) is 0 Å². The molecule has 0 saturated heterocycles. The van der Waals surface area contributed by atoms with E-state index in [4.69, 9.17) is 11.6 Å². The van der Waals surface area contributed by atoms with Gasteiger partial charge in [-0.05, 0) is 17.7 Å². The van der Waals surface area contributed by atoms with Crippen LogP contribution in [0.1, 0.15) is 11.1 Å². The predicted molar refractivity (Wildman–Crippen MR) is 70.6 cm³/mol. The minimum atomic E-state index is 0.765. The maximum atomic E-state index is 5.82. The molecule has 0 radical (unpaired) electrons. The van der Waals surface area contributed by atoms with Crippen LogP contribution in [0.25, 0.3) is 6.20 Å². The first-order valence-electron chi connectivity index (χ1n) is 5.38. The number of halogens is 1. The molecule has 0 amide bonds. The van der Waals surface area contributed by atoms with Gasteiger partial charge in [-0.2, -0.15) is 5.10 Å². The first kappa shape index (κ1) is 11.9. The third-order valence-electron chi connectivity index (χ3n) is 2.41. The SMILES string of the molecule is C=Cn1cc(CNCc2ccc(Cl)cc2)cn1. The van der Waals surface area contributed by atoms with Gasteiger partial charge in [-0.15, -0.1) is 0 Å². The second-order valence-electron chi connectivity index (χ2n) is 3.74. The summed E-state index contributed by atoms with van der Waals surface area (Å²) in [6.45, 7) is 5.25. The summed E-state index contributed by atoms with van der Waals surface area (Å²) in [6.07, 6.45) is 5.45. The summed E-state index contributed by atoms with van der Waals surface area (Å²) in [5.41, 5.74) is 2.35. The highest BCUT2D eigenvalue weighted by Gasteiger charge is 1.97. The van der Waals surface area contributed by atoms with Gasteiger partial charge in [0.05, 0.1) is 6.20 Å². The van der Waals surface area contributed by atoms with Crippen LogP contribution in [0.15, 0.2) is 43.2 Å². The largest absolute Gasteiger partial charge is 0.309 e.